The zero-order valence-electron chi connectivity index (χ0n) is 12.4. The van der Waals surface area contributed by atoms with Crippen LogP contribution in [-0.2, 0) is 11.2 Å². The highest BCUT2D eigenvalue weighted by molar-refractivity contribution is 5.80. The van der Waals surface area contributed by atoms with E-state index in [1.807, 2.05) is 32.6 Å². The van der Waals surface area contributed by atoms with Gasteiger partial charge in [-0.2, -0.15) is 0 Å². The number of carbonyl (C=O) groups is 1. The number of carbonyl (C=O) groups excluding carboxylic acids is 1. The molecule has 2 rings (SSSR count). The fraction of sp³-hybridized carbons (Fsp3) is 0.643. The van der Waals surface area contributed by atoms with Crippen molar-refractivity contribution in [2.24, 2.45) is 0 Å². The summed E-state index contributed by atoms with van der Waals surface area (Å²) in [5.74, 6) is -0.151. The van der Waals surface area contributed by atoms with Crippen molar-refractivity contribution in [3.05, 3.63) is 17.8 Å². The molecular formula is C14H21FN4O. The smallest absolute Gasteiger partial charge is 0.225 e. The van der Waals surface area contributed by atoms with Gasteiger partial charge in [0.05, 0.1) is 11.7 Å². The van der Waals surface area contributed by atoms with Gasteiger partial charge in [-0.3, -0.25) is 4.79 Å². The van der Waals surface area contributed by atoms with E-state index in [4.69, 9.17) is 0 Å². The normalized spacial score (nSPS) is 19.6. The maximum Gasteiger partial charge on any atom is 0.225 e. The van der Waals surface area contributed by atoms with Crippen LogP contribution < -0.4 is 5.32 Å². The Morgan fingerprint density at radius 1 is 1.45 bits per heavy atom. The van der Waals surface area contributed by atoms with E-state index in [2.05, 4.69) is 15.3 Å². The summed E-state index contributed by atoms with van der Waals surface area (Å²) in [5, 5.41) is 3.03. The topological polar surface area (TPSA) is 58.1 Å². The van der Waals surface area contributed by atoms with Gasteiger partial charge in [-0.25, -0.2) is 14.4 Å². The van der Waals surface area contributed by atoms with Crippen LogP contribution in [0, 0.1) is 5.82 Å². The van der Waals surface area contributed by atoms with Gasteiger partial charge in [0.15, 0.2) is 11.6 Å². The number of rotatable bonds is 3. The van der Waals surface area contributed by atoms with E-state index in [1.54, 1.807) is 0 Å². The van der Waals surface area contributed by atoms with E-state index in [1.165, 1.54) is 6.33 Å². The average molecular weight is 280 g/mol. The van der Waals surface area contributed by atoms with Crippen molar-refractivity contribution in [3.63, 3.8) is 0 Å². The summed E-state index contributed by atoms with van der Waals surface area (Å²) in [5.41, 5.74) is 0.172. The maximum atomic E-state index is 14.1. The molecule has 0 bridgehead atoms. The Labute approximate surface area is 118 Å². The lowest BCUT2D eigenvalue weighted by molar-refractivity contribution is -0.131. The molecule has 0 aromatic carbocycles. The number of likely N-dealkylation sites (tertiary alicyclic amines) is 1. The second-order valence-electron chi connectivity index (χ2n) is 6.06. The van der Waals surface area contributed by atoms with Crippen LogP contribution in [0.3, 0.4) is 0 Å². The number of aryl methyl sites for hydroxylation is 1. The van der Waals surface area contributed by atoms with Crippen molar-refractivity contribution in [1.82, 2.24) is 14.9 Å². The molecule has 1 N–H and O–H groups in total. The molecule has 1 fully saturated rings. The summed E-state index contributed by atoms with van der Waals surface area (Å²) in [6.45, 7) is 8.39. The van der Waals surface area contributed by atoms with Crippen LogP contribution in [0.15, 0.2) is 6.33 Å². The monoisotopic (exact) mass is 280 g/mol. The molecule has 1 aromatic rings. The van der Waals surface area contributed by atoms with Crippen molar-refractivity contribution in [3.8, 4) is 0 Å². The highest BCUT2D eigenvalue weighted by Crippen LogP contribution is 2.24. The van der Waals surface area contributed by atoms with E-state index in [9.17, 15) is 9.18 Å². The first kappa shape index (κ1) is 14.7. The summed E-state index contributed by atoms with van der Waals surface area (Å²) >= 11 is 0. The van der Waals surface area contributed by atoms with Crippen molar-refractivity contribution in [2.75, 3.05) is 11.9 Å². The molecule has 110 valence electrons. The van der Waals surface area contributed by atoms with Crippen LogP contribution in [-0.4, -0.2) is 38.9 Å². The summed E-state index contributed by atoms with van der Waals surface area (Å²) in [7, 11) is 0. The standard InChI is InChI=1S/C14H21FN4O/c1-5-10-12(15)13(17-8-16-10)18-9-6-11(20)19(7-9)14(2,3)4/h8-9H,5-7H2,1-4H3,(H,16,17,18)/t9-/m0/s1. The fourth-order valence-electron chi connectivity index (χ4n) is 2.40. The van der Waals surface area contributed by atoms with Crippen LogP contribution in [0.5, 0.6) is 0 Å². The second-order valence-corrected chi connectivity index (χ2v) is 6.06. The Morgan fingerprint density at radius 2 is 2.15 bits per heavy atom. The molecule has 1 amide bonds. The van der Waals surface area contributed by atoms with Gasteiger partial charge >= 0.3 is 0 Å². The Hall–Kier alpha value is -1.72. The molecule has 0 spiro atoms. The molecule has 1 aliphatic rings. The van der Waals surface area contributed by atoms with Gasteiger partial charge in [-0.05, 0) is 27.2 Å². The molecule has 6 heteroatoms. The highest BCUT2D eigenvalue weighted by Gasteiger charge is 2.36. The molecule has 1 aromatic heterocycles. The third kappa shape index (κ3) is 2.89. The summed E-state index contributed by atoms with van der Waals surface area (Å²) in [4.78, 5) is 21.6. The molecule has 2 heterocycles. The van der Waals surface area contributed by atoms with Gasteiger partial charge in [0, 0.05) is 18.5 Å². The lowest BCUT2D eigenvalue weighted by atomic mass is 10.1. The minimum Gasteiger partial charge on any atom is -0.362 e. The van der Waals surface area contributed by atoms with E-state index < -0.39 is 5.82 Å². The predicted octanol–water partition coefficient (Wildman–Crippen LogP) is 1.99. The van der Waals surface area contributed by atoms with Gasteiger partial charge in [0.1, 0.15) is 6.33 Å². The average Bonchev–Trinajstić information content (AvgIpc) is 2.73. The molecule has 20 heavy (non-hydrogen) atoms. The summed E-state index contributed by atoms with van der Waals surface area (Å²) in [6.07, 6.45) is 2.23. The molecule has 1 atom stereocenters. The molecule has 1 saturated heterocycles. The van der Waals surface area contributed by atoms with Crippen LogP contribution in [0.1, 0.15) is 39.8 Å². The lowest BCUT2D eigenvalue weighted by Gasteiger charge is -2.32. The van der Waals surface area contributed by atoms with Crippen LogP contribution in [0.2, 0.25) is 0 Å². The third-order valence-corrected chi connectivity index (χ3v) is 3.47. The van der Waals surface area contributed by atoms with Crippen LogP contribution in [0.4, 0.5) is 10.2 Å². The van der Waals surface area contributed by atoms with E-state index >= 15 is 0 Å². The van der Waals surface area contributed by atoms with Gasteiger partial charge in [-0.15, -0.1) is 0 Å². The fourth-order valence-corrected chi connectivity index (χ4v) is 2.40. The first-order chi connectivity index (χ1) is 9.32. The van der Waals surface area contributed by atoms with E-state index in [0.29, 0.717) is 25.1 Å². The third-order valence-electron chi connectivity index (χ3n) is 3.47. The highest BCUT2D eigenvalue weighted by atomic mass is 19.1. The molecular weight excluding hydrogens is 259 g/mol. The predicted molar refractivity (Wildman–Crippen MR) is 74.9 cm³/mol. The minimum absolute atomic E-state index is 0.0835. The molecule has 0 saturated carbocycles. The number of amides is 1. The van der Waals surface area contributed by atoms with Crippen LogP contribution >= 0.6 is 0 Å². The van der Waals surface area contributed by atoms with E-state index in [-0.39, 0.29) is 23.3 Å². The summed E-state index contributed by atoms with van der Waals surface area (Å²) in [6, 6.07) is -0.115. The Morgan fingerprint density at radius 3 is 2.70 bits per heavy atom. The lowest BCUT2D eigenvalue weighted by Crippen LogP contribution is -2.43. The molecule has 0 aliphatic carbocycles. The number of nitrogens with one attached hydrogen (secondary N) is 1. The van der Waals surface area contributed by atoms with Crippen molar-refractivity contribution >= 4 is 11.7 Å². The van der Waals surface area contributed by atoms with Gasteiger partial charge < -0.3 is 10.2 Å². The molecule has 5 nitrogen and oxygen atoms in total. The number of hydrogen-bond acceptors (Lipinski definition) is 4. The number of anilines is 1. The van der Waals surface area contributed by atoms with Gasteiger partial charge in [-0.1, -0.05) is 6.92 Å². The largest absolute Gasteiger partial charge is 0.362 e. The first-order valence-corrected chi connectivity index (χ1v) is 6.89. The van der Waals surface area contributed by atoms with E-state index in [0.717, 1.165) is 0 Å². The zero-order valence-corrected chi connectivity index (χ0v) is 12.4. The maximum absolute atomic E-state index is 14.1. The van der Waals surface area contributed by atoms with Crippen molar-refractivity contribution in [1.29, 1.82) is 0 Å². The van der Waals surface area contributed by atoms with Gasteiger partial charge in [0.2, 0.25) is 5.91 Å². The van der Waals surface area contributed by atoms with Crippen molar-refractivity contribution < 1.29 is 9.18 Å². The SMILES string of the molecule is CCc1ncnc(N[C@H]2CC(=O)N(C(C)(C)C)C2)c1F. The van der Waals surface area contributed by atoms with Crippen LogP contribution in [0.25, 0.3) is 0 Å². The Bertz CT molecular complexity index is 512. The second kappa shape index (κ2) is 5.34. The Kier molecular flexibility index (Phi) is 3.92. The zero-order chi connectivity index (χ0) is 14.9. The van der Waals surface area contributed by atoms with Crippen molar-refractivity contribution in [2.45, 2.75) is 52.1 Å². The molecule has 0 radical (unpaired) electrons. The number of nitrogens with zero attached hydrogens (tertiary/aromatic N) is 3. The first-order valence-electron chi connectivity index (χ1n) is 6.89. The molecule has 0 unspecified atom stereocenters. The minimum atomic E-state index is -0.420. The molecule has 1 aliphatic heterocycles. The quantitative estimate of drug-likeness (QED) is 0.920. The summed E-state index contributed by atoms with van der Waals surface area (Å²) < 4.78 is 14.1. The van der Waals surface area contributed by atoms with Gasteiger partial charge in [0.25, 0.3) is 0 Å². The number of halogens is 1. The number of hydrogen-bond donors (Lipinski definition) is 1. The Balaban J connectivity index is 2.11. The number of aromatic nitrogens is 2.